The number of benzene rings is 1. The highest BCUT2D eigenvalue weighted by Crippen LogP contribution is 2.36. The molecule has 1 aromatic carbocycles. The summed E-state index contributed by atoms with van der Waals surface area (Å²) >= 11 is 7.46. The number of carboxylic acid groups (broad SMARTS) is 1. The van der Waals surface area contributed by atoms with Crippen molar-refractivity contribution in [3.8, 4) is 0 Å². The number of carbonyl (C=O) groups is 2. The van der Waals surface area contributed by atoms with Gasteiger partial charge in [0.1, 0.15) is 0 Å². The smallest absolute Gasteiger partial charge is 0.305 e. The van der Waals surface area contributed by atoms with Crippen molar-refractivity contribution < 1.29 is 14.7 Å². The average molecular weight is 328 g/mol. The molecule has 4 nitrogen and oxygen atoms in total. The maximum absolute atomic E-state index is 12.3. The molecule has 114 valence electrons. The predicted molar refractivity (Wildman–Crippen MR) is 83.7 cm³/mol. The quantitative estimate of drug-likeness (QED) is 0.786. The third kappa shape index (κ3) is 4.14. The van der Waals surface area contributed by atoms with Gasteiger partial charge in [0, 0.05) is 4.90 Å². The Balaban J connectivity index is 1.96. The number of carboxylic acids is 1. The van der Waals surface area contributed by atoms with E-state index in [0.717, 1.165) is 24.2 Å². The molecule has 1 unspecified atom stereocenters. The van der Waals surface area contributed by atoms with E-state index >= 15 is 0 Å². The van der Waals surface area contributed by atoms with Crippen molar-refractivity contribution in [2.24, 2.45) is 0 Å². The van der Waals surface area contributed by atoms with Crippen LogP contribution in [0.3, 0.4) is 0 Å². The summed E-state index contributed by atoms with van der Waals surface area (Å²) in [5, 5.41) is 12.2. The van der Waals surface area contributed by atoms with Crippen molar-refractivity contribution in [3.05, 3.63) is 29.3 Å². The first-order chi connectivity index (χ1) is 9.92. The number of carbonyl (C=O) groups excluding carboxylic acids is 1. The molecule has 1 saturated carbocycles. The van der Waals surface area contributed by atoms with Crippen molar-refractivity contribution in [2.75, 3.05) is 0 Å². The maximum atomic E-state index is 12.3. The molecule has 0 heterocycles. The first-order valence-electron chi connectivity index (χ1n) is 6.87. The second-order valence-corrected chi connectivity index (χ2v) is 7.17. The van der Waals surface area contributed by atoms with Crippen molar-refractivity contribution in [3.63, 3.8) is 0 Å². The largest absolute Gasteiger partial charge is 0.481 e. The molecular formula is C15H18ClNO3S. The van der Waals surface area contributed by atoms with Crippen LogP contribution in [0.15, 0.2) is 29.2 Å². The molecule has 1 aromatic rings. The number of hydrogen-bond acceptors (Lipinski definition) is 3. The molecule has 21 heavy (non-hydrogen) atoms. The second-order valence-electron chi connectivity index (χ2n) is 5.38. The molecule has 0 bridgehead atoms. The van der Waals surface area contributed by atoms with Gasteiger partial charge in [0.2, 0.25) is 5.91 Å². The van der Waals surface area contributed by atoms with Crippen LogP contribution in [0.25, 0.3) is 0 Å². The van der Waals surface area contributed by atoms with Crippen LogP contribution in [0, 0.1) is 0 Å². The monoisotopic (exact) mass is 327 g/mol. The van der Waals surface area contributed by atoms with Gasteiger partial charge in [-0.2, -0.15) is 0 Å². The third-order valence-electron chi connectivity index (χ3n) is 3.70. The van der Waals surface area contributed by atoms with E-state index in [0.29, 0.717) is 5.02 Å². The molecule has 0 spiro atoms. The van der Waals surface area contributed by atoms with Crippen molar-refractivity contribution in [2.45, 2.75) is 48.3 Å². The van der Waals surface area contributed by atoms with Gasteiger partial charge in [-0.3, -0.25) is 9.59 Å². The van der Waals surface area contributed by atoms with Crippen LogP contribution >= 0.6 is 23.4 Å². The molecule has 1 fully saturated rings. The molecule has 2 rings (SSSR count). The molecule has 0 saturated heterocycles. The molecule has 1 amide bonds. The fourth-order valence-electron chi connectivity index (χ4n) is 2.39. The van der Waals surface area contributed by atoms with E-state index in [2.05, 4.69) is 5.32 Å². The summed E-state index contributed by atoms with van der Waals surface area (Å²) in [7, 11) is 0. The summed E-state index contributed by atoms with van der Waals surface area (Å²) in [6.45, 7) is 1.80. The van der Waals surface area contributed by atoms with E-state index < -0.39 is 11.5 Å². The maximum Gasteiger partial charge on any atom is 0.305 e. The summed E-state index contributed by atoms with van der Waals surface area (Å²) in [5.74, 6) is -1.01. The Bertz CT molecular complexity index is 545. The molecule has 2 N–H and O–H groups in total. The van der Waals surface area contributed by atoms with E-state index in [4.69, 9.17) is 16.7 Å². The van der Waals surface area contributed by atoms with Gasteiger partial charge in [-0.15, -0.1) is 11.8 Å². The Kier molecular flexibility index (Phi) is 5.17. The van der Waals surface area contributed by atoms with E-state index in [-0.39, 0.29) is 17.6 Å². The van der Waals surface area contributed by atoms with Gasteiger partial charge >= 0.3 is 5.97 Å². The van der Waals surface area contributed by atoms with E-state index in [1.165, 1.54) is 11.8 Å². The molecule has 1 aliphatic carbocycles. The zero-order chi connectivity index (χ0) is 15.5. The van der Waals surface area contributed by atoms with Gasteiger partial charge in [0.05, 0.1) is 22.2 Å². The Hall–Kier alpha value is -1.20. The number of halogens is 1. The Morgan fingerprint density at radius 3 is 2.62 bits per heavy atom. The van der Waals surface area contributed by atoms with E-state index in [1.54, 1.807) is 13.0 Å². The minimum Gasteiger partial charge on any atom is -0.481 e. The van der Waals surface area contributed by atoms with Crippen LogP contribution in [-0.4, -0.2) is 27.8 Å². The Morgan fingerprint density at radius 1 is 1.43 bits per heavy atom. The van der Waals surface area contributed by atoms with Gasteiger partial charge in [0.25, 0.3) is 0 Å². The fourth-order valence-corrected chi connectivity index (χ4v) is 3.54. The minimum absolute atomic E-state index is 0.0117. The Morgan fingerprint density at radius 2 is 2.10 bits per heavy atom. The number of thioether (sulfide) groups is 1. The molecule has 0 radical (unpaired) electrons. The number of amides is 1. The molecular weight excluding hydrogens is 310 g/mol. The zero-order valence-electron chi connectivity index (χ0n) is 11.8. The van der Waals surface area contributed by atoms with Crippen molar-refractivity contribution in [1.82, 2.24) is 5.32 Å². The number of hydrogen-bond donors (Lipinski definition) is 2. The van der Waals surface area contributed by atoms with E-state index in [1.807, 2.05) is 18.2 Å². The van der Waals surface area contributed by atoms with Crippen LogP contribution in [0.2, 0.25) is 5.02 Å². The molecule has 1 aliphatic rings. The van der Waals surface area contributed by atoms with Crippen LogP contribution in [-0.2, 0) is 9.59 Å². The first-order valence-corrected chi connectivity index (χ1v) is 8.13. The van der Waals surface area contributed by atoms with Crippen LogP contribution in [0.1, 0.15) is 32.6 Å². The lowest BCUT2D eigenvalue weighted by Gasteiger charge is -2.42. The highest BCUT2D eigenvalue weighted by Gasteiger charge is 2.41. The molecule has 0 aromatic heterocycles. The summed E-state index contributed by atoms with van der Waals surface area (Å²) in [4.78, 5) is 24.1. The normalized spacial score (nSPS) is 17.6. The highest BCUT2D eigenvalue weighted by atomic mass is 35.5. The summed E-state index contributed by atoms with van der Waals surface area (Å²) in [6.07, 6.45) is 2.41. The fraction of sp³-hybridized carbons (Fsp3) is 0.467. The van der Waals surface area contributed by atoms with Crippen LogP contribution in [0.5, 0.6) is 0 Å². The van der Waals surface area contributed by atoms with Crippen LogP contribution in [0.4, 0.5) is 0 Å². The SMILES string of the molecule is CC(Sc1ccccc1Cl)C(=O)NC1(CC(=O)O)CCC1. The molecule has 0 aliphatic heterocycles. The van der Waals surface area contributed by atoms with Crippen LogP contribution < -0.4 is 5.32 Å². The van der Waals surface area contributed by atoms with Gasteiger partial charge in [0.15, 0.2) is 0 Å². The standard InChI is InChI=1S/C15H18ClNO3S/c1-10(21-12-6-3-2-5-11(12)16)14(20)17-15(7-4-8-15)9-13(18)19/h2-3,5-6,10H,4,7-9H2,1H3,(H,17,20)(H,18,19). The average Bonchev–Trinajstić information content (AvgIpc) is 2.38. The lowest BCUT2D eigenvalue weighted by atomic mass is 9.74. The summed E-state index contributed by atoms with van der Waals surface area (Å²) in [6, 6.07) is 7.36. The lowest BCUT2D eigenvalue weighted by molar-refractivity contribution is -0.140. The highest BCUT2D eigenvalue weighted by molar-refractivity contribution is 8.00. The second kappa shape index (κ2) is 6.71. The van der Waals surface area contributed by atoms with Crippen molar-refractivity contribution >= 4 is 35.2 Å². The molecule has 6 heteroatoms. The molecule has 1 atom stereocenters. The Labute approximate surface area is 133 Å². The minimum atomic E-state index is -0.874. The topological polar surface area (TPSA) is 66.4 Å². The number of nitrogens with one attached hydrogen (secondary N) is 1. The lowest BCUT2D eigenvalue weighted by Crippen LogP contribution is -2.56. The van der Waals surface area contributed by atoms with Gasteiger partial charge in [-0.1, -0.05) is 23.7 Å². The number of aliphatic carboxylic acids is 1. The van der Waals surface area contributed by atoms with Gasteiger partial charge < -0.3 is 10.4 Å². The predicted octanol–water partition coefficient (Wildman–Crippen LogP) is 3.33. The zero-order valence-corrected chi connectivity index (χ0v) is 13.3. The third-order valence-corrected chi connectivity index (χ3v) is 5.32. The van der Waals surface area contributed by atoms with Gasteiger partial charge in [-0.05, 0) is 38.3 Å². The summed E-state index contributed by atoms with van der Waals surface area (Å²) in [5.41, 5.74) is -0.557. The first kappa shape index (κ1) is 16.2. The van der Waals surface area contributed by atoms with Crippen molar-refractivity contribution in [1.29, 1.82) is 0 Å². The van der Waals surface area contributed by atoms with Gasteiger partial charge in [-0.25, -0.2) is 0 Å². The summed E-state index contributed by atoms with van der Waals surface area (Å²) < 4.78 is 0. The van der Waals surface area contributed by atoms with E-state index in [9.17, 15) is 9.59 Å². The number of rotatable bonds is 6.